The van der Waals surface area contributed by atoms with Crippen LogP contribution < -0.4 is 5.32 Å². The van der Waals surface area contributed by atoms with Gasteiger partial charge in [0.1, 0.15) is 0 Å². The fourth-order valence-corrected chi connectivity index (χ4v) is 3.57. The quantitative estimate of drug-likeness (QED) is 0.660. The van der Waals surface area contributed by atoms with Crippen LogP contribution in [0.3, 0.4) is 0 Å². The third kappa shape index (κ3) is 1.57. The highest BCUT2D eigenvalue weighted by Crippen LogP contribution is 2.36. The van der Waals surface area contributed by atoms with E-state index < -0.39 is 10.8 Å². The van der Waals surface area contributed by atoms with Gasteiger partial charge in [-0.1, -0.05) is 0 Å². The molecule has 2 aliphatic rings. The molecule has 12 heavy (non-hydrogen) atoms. The van der Waals surface area contributed by atoms with Gasteiger partial charge < -0.3 is 5.32 Å². The highest BCUT2D eigenvalue weighted by molar-refractivity contribution is 7.85. The maximum atomic E-state index is 11.6. The summed E-state index contributed by atoms with van der Waals surface area (Å²) in [6.07, 6.45) is 2.68. The second kappa shape index (κ2) is 3.11. The summed E-state index contributed by atoms with van der Waals surface area (Å²) in [7, 11) is -0.588. The third-order valence-corrected chi connectivity index (χ3v) is 4.89. The van der Waals surface area contributed by atoms with Crippen molar-refractivity contribution in [2.75, 3.05) is 5.75 Å². The molecule has 4 unspecified atom stereocenters. The SMILES string of the molecule is CC1CS(=O)C(C)C(C2CC2)N1. The highest BCUT2D eigenvalue weighted by Gasteiger charge is 2.40. The Hall–Kier alpha value is 0.110. The molecule has 0 bridgehead atoms. The van der Waals surface area contributed by atoms with E-state index in [1.165, 1.54) is 12.8 Å². The first kappa shape index (κ1) is 8.70. The minimum absolute atomic E-state index is 0.369. The van der Waals surface area contributed by atoms with Crippen molar-refractivity contribution in [3.05, 3.63) is 0 Å². The standard InChI is InChI=1S/C9H17NOS/c1-6-5-12(11)7(2)9(10-6)8-3-4-8/h6-10H,3-5H2,1-2H3. The summed E-state index contributed by atoms with van der Waals surface area (Å²) in [5.41, 5.74) is 0. The zero-order valence-electron chi connectivity index (χ0n) is 7.75. The van der Waals surface area contributed by atoms with Crippen molar-refractivity contribution >= 4 is 10.8 Å². The maximum Gasteiger partial charge on any atom is 0.0476 e. The molecule has 1 aliphatic heterocycles. The van der Waals surface area contributed by atoms with Gasteiger partial charge >= 0.3 is 0 Å². The Labute approximate surface area is 76.6 Å². The molecule has 70 valence electrons. The summed E-state index contributed by atoms with van der Waals surface area (Å²) >= 11 is 0. The van der Waals surface area contributed by atoms with Gasteiger partial charge in [0.15, 0.2) is 0 Å². The average Bonchev–Trinajstić information content (AvgIpc) is 2.79. The van der Waals surface area contributed by atoms with Crippen LogP contribution in [-0.2, 0) is 10.8 Å². The van der Waals surface area contributed by atoms with Gasteiger partial charge in [0.25, 0.3) is 0 Å². The van der Waals surface area contributed by atoms with E-state index in [9.17, 15) is 4.21 Å². The Kier molecular flexibility index (Phi) is 2.25. The molecule has 1 aliphatic carbocycles. The second-order valence-corrected chi connectivity index (χ2v) is 6.02. The van der Waals surface area contributed by atoms with Crippen molar-refractivity contribution in [1.29, 1.82) is 0 Å². The predicted molar refractivity (Wildman–Crippen MR) is 51.6 cm³/mol. The molecule has 4 atom stereocenters. The summed E-state index contributed by atoms with van der Waals surface area (Å²) < 4.78 is 11.6. The van der Waals surface area contributed by atoms with Crippen LogP contribution in [0.15, 0.2) is 0 Å². The van der Waals surface area contributed by atoms with E-state index in [1.54, 1.807) is 0 Å². The van der Waals surface area contributed by atoms with Crippen molar-refractivity contribution in [1.82, 2.24) is 5.32 Å². The lowest BCUT2D eigenvalue weighted by Crippen LogP contribution is -2.54. The third-order valence-electron chi connectivity index (χ3n) is 2.94. The lowest BCUT2D eigenvalue weighted by atomic mass is 10.1. The van der Waals surface area contributed by atoms with E-state index >= 15 is 0 Å². The summed E-state index contributed by atoms with van der Waals surface area (Å²) in [5, 5.41) is 3.93. The number of hydrogen-bond donors (Lipinski definition) is 1. The van der Waals surface area contributed by atoms with Gasteiger partial charge in [0, 0.05) is 33.9 Å². The number of hydrogen-bond acceptors (Lipinski definition) is 2. The Morgan fingerprint density at radius 2 is 2.00 bits per heavy atom. The number of rotatable bonds is 1. The van der Waals surface area contributed by atoms with Crippen molar-refractivity contribution in [3.8, 4) is 0 Å². The minimum atomic E-state index is -0.588. The van der Waals surface area contributed by atoms with Gasteiger partial charge in [-0.15, -0.1) is 0 Å². The van der Waals surface area contributed by atoms with Crippen molar-refractivity contribution in [2.45, 2.75) is 44.0 Å². The van der Waals surface area contributed by atoms with Crippen LogP contribution in [0.2, 0.25) is 0 Å². The Balaban J connectivity index is 2.04. The van der Waals surface area contributed by atoms with E-state index in [2.05, 4.69) is 19.2 Å². The Bertz CT molecular complexity index is 203. The fraction of sp³-hybridized carbons (Fsp3) is 1.00. The molecule has 1 N–H and O–H groups in total. The maximum absolute atomic E-state index is 11.6. The van der Waals surface area contributed by atoms with Crippen LogP contribution in [0, 0.1) is 5.92 Å². The predicted octanol–water partition coefficient (Wildman–Crippen LogP) is 0.894. The van der Waals surface area contributed by atoms with Gasteiger partial charge in [-0.05, 0) is 32.6 Å². The van der Waals surface area contributed by atoms with E-state index in [0.29, 0.717) is 17.3 Å². The second-order valence-electron chi connectivity index (χ2n) is 4.18. The van der Waals surface area contributed by atoms with Crippen molar-refractivity contribution < 1.29 is 4.21 Å². The lowest BCUT2D eigenvalue weighted by molar-refractivity contribution is 0.399. The fourth-order valence-electron chi connectivity index (χ4n) is 2.05. The molecular formula is C9H17NOS. The summed E-state index contributed by atoms with van der Waals surface area (Å²) in [5.74, 6) is 1.66. The van der Waals surface area contributed by atoms with Gasteiger partial charge in [-0.25, -0.2) is 0 Å². The molecule has 1 heterocycles. The first-order chi connectivity index (χ1) is 5.68. The molecule has 0 amide bonds. The number of nitrogens with one attached hydrogen (secondary N) is 1. The lowest BCUT2D eigenvalue weighted by Gasteiger charge is -2.33. The molecule has 0 aromatic rings. The molecular weight excluding hydrogens is 170 g/mol. The average molecular weight is 187 g/mol. The summed E-state index contributed by atoms with van der Waals surface area (Å²) in [6.45, 7) is 4.26. The zero-order chi connectivity index (χ0) is 8.72. The van der Waals surface area contributed by atoms with Crippen LogP contribution in [0.4, 0.5) is 0 Å². The normalized spacial score (nSPS) is 49.2. The van der Waals surface area contributed by atoms with Crippen molar-refractivity contribution in [3.63, 3.8) is 0 Å². The van der Waals surface area contributed by atoms with Crippen molar-refractivity contribution in [2.24, 2.45) is 5.92 Å². The van der Waals surface area contributed by atoms with Crippen LogP contribution in [0.25, 0.3) is 0 Å². The monoisotopic (exact) mass is 187 g/mol. The van der Waals surface area contributed by atoms with Gasteiger partial charge in [0.2, 0.25) is 0 Å². The zero-order valence-corrected chi connectivity index (χ0v) is 8.56. The van der Waals surface area contributed by atoms with Gasteiger partial charge in [-0.3, -0.25) is 4.21 Å². The molecule has 0 spiro atoms. The molecule has 2 nitrogen and oxygen atoms in total. The van der Waals surface area contributed by atoms with Crippen LogP contribution in [0.1, 0.15) is 26.7 Å². The van der Waals surface area contributed by atoms with E-state index in [0.717, 1.165) is 11.7 Å². The molecule has 0 aromatic heterocycles. The van der Waals surface area contributed by atoms with Gasteiger partial charge in [-0.2, -0.15) is 0 Å². The van der Waals surface area contributed by atoms with E-state index in [4.69, 9.17) is 0 Å². The first-order valence-corrected chi connectivity index (χ1v) is 6.20. The molecule has 3 heteroatoms. The molecule has 2 fully saturated rings. The van der Waals surface area contributed by atoms with Crippen LogP contribution >= 0.6 is 0 Å². The smallest absolute Gasteiger partial charge is 0.0476 e. The van der Waals surface area contributed by atoms with E-state index in [1.807, 2.05) is 0 Å². The molecule has 1 saturated heterocycles. The topological polar surface area (TPSA) is 29.1 Å². The van der Waals surface area contributed by atoms with Crippen LogP contribution in [0.5, 0.6) is 0 Å². The van der Waals surface area contributed by atoms with E-state index in [-0.39, 0.29) is 0 Å². The summed E-state index contributed by atoms with van der Waals surface area (Å²) in [4.78, 5) is 0. The Morgan fingerprint density at radius 1 is 1.33 bits per heavy atom. The molecule has 0 radical (unpaired) electrons. The molecule has 2 rings (SSSR count). The first-order valence-electron chi connectivity index (χ1n) is 4.81. The largest absolute Gasteiger partial charge is 0.309 e. The Morgan fingerprint density at radius 3 is 2.58 bits per heavy atom. The molecule has 0 aromatic carbocycles. The minimum Gasteiger partial charge on any atom is -0.309 e. The molecule has 1 saturated carbocycles. The van der Waals surface area contributed by atoms with Crippen LogP contribution in [-0.4, -0.2) is 27.3 Å². The highest BCUT2D eigenvalue weighted by atomic mass is 32.2. The summed E-state index contributed by atoms with van der Waals surface area (Å²) in [6, 6.07) is 0.988. The van der Waals surface area contributed by atoms with Gasteiger partial charge in [0.05, 0.1) is 0 Å².